The van der Waals surface area contributed by atoms with Crippen molar-refractivity contribution in [3.05, 3.63) is 16.0 Å². The van der Waals surface area contributed by atoms with Crippen molar-refractivity contribution in [3.8, 4) is 0 Å². The van der Waals surface area contributed by atoms with Gasteiger partial charge in [-0.3, -0.25) is 4.79 Å². The first-order valence-corrected chi connectivity index (χ1v) is 8.08. The second kappa shape index (κ2) is 6.39. The molecule has 0 spiro atoms. The average Bonchev–Trinajstić information content (AvgIpc) is 2.77. The molecule has 0 saturated heterocycles. The maximum atomic E-state index is 12.2. The quantitative estimate of drug-likeness (QED) is 0.870. The zero-order valence-corrected chi connectivity index (χ0v) is 12.8. The second-order valence-corrected chi connectivity index (χ2v) is 6.33. The van der Waals surface area contributed by atoms with Crippen LogP contribution >= 0.6 is 11.3 Å². The topological polar surface area (TPSA) is 66.4 Å². The number of hydrogen-bond acceptors (Lipinski definition) is 3. The van der Waals surface area contributed by atoms with Crippen molar-refractivity contribution >= 4 is 28.2 Å². The monoisotopic (exact) mass is 295 g/mol. The lowest BCUT2D eigenvalue weighted by molar-refractivity contribution is -0.120. The lowest BCUT2D eigenvalue weighted by Gasteiger charge is -2.12. The van der Waals surface area contributed by atoms with Crippen molar-refractivity contribution in [3.63, 3.8) is 0 Å². The number of carboxylic acid groups (broad SMARTS) is 1. The van der Waals surface area contributed by atoms with Crippen LogP contribution in [0.5, 0.6) is 0 Å². The molecule has 0 fully saturated rings. The van der Waals surface area contributed by atoms with E-state index < -0.39 is 5.97 Å². The van der Waals surface area contributed by atoms with Gasteiger partial charge in [-0.2, -0.15) is 0 Å². The summed E-state index contributed by atoms with van der Waals surface area (Å²) in [6.45, 7) is 3.95. The summed E-state index contributed by atoms with van der Waals surface area (Å²) in [6, 6.07) is 0. The molecule has 2 N–H and O–H groups in total. The summed E-state index contributed by atoms with van der Waals surface area (Å²) in [6.07, 6.45) is 5.43. The molecule has 0 unspecified atom stereocenters. The van der Waals surface area contributed by atoms with Gasteiger partial charge in [-0.05, 0) is 44.1 Å². The third-order valence-electron chi connectivity index (χ3n) is 3.98. The van der Waals surface area contributed by atoms with Gasteiger partial charge in [0, 0.05) is 10.8 Å². The van der Waals surface area contributed by atoms with E-state index in [1.807, 2.05) is 13.8 Å². The molecule has 0 atom stereocenters. The van der Waals surface area contributed by atoms with E-state index in [0.29, 0.717) is 10.6 Å². The Bertz CT molecular complexity index is 517. The normalized spacial score (nSPS) is 14.2. The van der Waals surface area contributed by atoms with Crippen LogP contribution in [0.1, 0.15) is 60.3 Å². The summed E-state index contributed by atoms with van der Waals surface area (Å²) < 4.78 is 0. The van der Waals surface area contributed by atoms with Gasteiger partial charge in [0.25, 0.3) is 0 Å². The summed E-state index contributed by atoms with van der Waals surface area (Å²) in [7, 11) is 0. The maximum Gasteiger partial charge on any atom is 0.339 e. The lowest BCUT2D eigenvalue weighted by atomic mass is 9.95. The minimum atomic E-state index is -0.927. The van der Waals surface area contributed by atoms with Gasteiger partial charge in [-0.25, -0.2) is 4.79 Å². The fourth-order valence-electron chi connectivity index (χ4n) is 2.75. The molecule has 0 aromatic carbocycles. The van der Waals surface area contributed by atoms with Crippen LogP contribution in [0.4, 0.5) is 5.00 Å². The maximum absolute atomic E-state index is 12.2. The van der Waals surface area contributed by atoms with Gasteiger partial charge >= 0.3 is 5.97 Å². The highest BCUT2D eigenvalue weighted by Crippen LogP contribution is 2.38. The van der Waals surface area contributed by atoms with Gasteiger partial charge in [-0.1, -0.05) is 13.8 Å². The van der Waals surface area contributed by atoms with E-state index in [9.17, 15) is 14.7 Å². The van der Waals surface area contributed by atoms with Crippen molar-refractivity contribution in [2.45, 2.75) is 52.4 Å². The number of thiophene rings is 1. The Morgan fingerprint density at radius 1 is 1.25 bits per heavy atom. The number of carboxylic acids is 1. The third-order valence-corrected chi connectivity index (χ3v) is 5.19. The highest BCUT2D eigenvalue weighted by atomic mass is 32.1. The van der Waals surface area contributed by atoms with E-state index in [1.54, 1.807) is 0 Å². The Kier molecular flexibility index (Phi) is 4.81. The SMILES string of the molecule is CCC(CC)C(=O)Nc1sc2c(c1C(=O)O)CCCC2. The Morgan fingerprint density at radius 3 is 2.50 bits per heavy atom. The first-order valence-electron chi connectivity index (χ1n) is 7.27. The first-order chi connectivity index (χ1) is 9.58. The van der Waals surface area contributed by atoms with E-state index in [1.165, 1.54) is 11.3 Å². The zero-order chi connectivity index (χ0) is 14.7. The number of rotatable bonds is 5. The fourth-order valence-corrected chi connectivity index (χ4v) is 4.04. The smallest absolute Gasteiger partial charge is 0.339 e. The molecule has 20 heavy (non-hydrogen) atoms. The number of anilines is 1. The van der Waals surface area contributed by atoms with Gasteiger partial charge < -0.3 is 10.4 Å². The molecule has 1 aliphatic carbocycles. The minimum Gasteiger partial charge on any atom is -0.478 e. The third kappa shape index (κ3) is 2.87. The van der Waals surface area contributed by atoms with E-state index in [-0.39, 0.29) is 11.8 Å². The number of carbonyl (C=O) groups excluding carboxylic acids is 1. The lowest BCUT2D eigenvalue weighted by Crippen LogP contribution is -2.22. The van der Waals surface area contributed by atoms with Gasteiger partial charge in [0.15, 0.2) is 0 Å². The van der Waals surface area contributed by atoms with Crippen molar-refractivity contribution in [1.29, 1.82) is 0 Å². The van der Waals surface area contributed by atoms with E-state index in [4.69, 9.17) is 0 Å². The van der Waals surface area contributed by atoms with E-state index in [2.05, 4.69) is 5.32 Å². The van der Waals surface area contributed by atoms with Crippen LogP contribution in [0.2, 0.25) is 0 Å². The number of fused-ring (bicyclic) bond motifs is 1. The molecular formula is C15H21NO3S. The van der Waals surface area contributed by atoms with Crippen molar-refractivity contribution in [2.24, 2.45) is 5.92 Å². The fraction of sp³-hybridized carbons (Fsp3) is 0.600. The Balaban J connectivity index is 2.29. The summed E-state index contributed by atoms with van der Waals surface area (Å²) in [5.74, 6) is -1.03. The van der Waals surface area contributed by atoms with E-state index in [0.717, 1.165) is 49.0 Å². The van der Waals surface area contributed by atoms with E-state index >= 15 is 0 Å². The van der Waals surface area contributed by atoms with Gasteiger partial charge in [0.1, 0.15) is 5.00 Å². The molecule has 1 aromatic heterocycles. The number of hydrogen-bond donors (Lipinski definition) is 2. The Morgan fingerprint density at radius 2 is 1.90 bits per heavy atom. The molecule has 5 heteroatoms. The summed E-state index contributed by atoms with van der Waals surface area (Å²) in [5.41, 5.74) is 1.26. The van der Waals surface area contributed by atoms with Gasteiger partial charge in [-0.15, -0.1) is 11.3 Å². The molecule has 1 amide bonds. The predicted molar refractivity (Wildman–Crippen MR) is 80.6 cm³/mol. The molecule has 4 nitrogen and oxygen atoms in total. The highest BCUT2D eigenvalue weighted by molar-refractivity contribution is 7.17. The molecule has 0 aliphatic heterocycles. The number of nitrogens with one attached hydrogen (secondary N) is 1. The number of aromatic carboxylic acids is 1. The van der Waals surface area contributed by atoms with Crippen LogP contribution in [-0.4, -0.2) is 17.0 Å². The number of aryl methyl sites for hydroxylation is 1. The summed E-state index contributed by atoms with van der Waals surface area (Å²) >= 11 is 1.44. The first kappa shape index (κ1) is 15.0. The van der Waals surface area contributed by atoms with Crippen LogP contribution in [0.25, 0.3) is 0 Å². The van der Waals surface area contributed by atoms with Crippen LogP contribution in [0.3, 0.4) is 0 Å². The van der Waals surface area contributed by atoms with Crippen LogP contribution in [0.15, 0.2) is 0 Å². The molecule has 1 aromatic rings. The standard InChI is InChI=1S/C15H21NO3S/c1-3-9(4-2)13(17)16-14-12(15(18)19)10-7-5-6-8-11(10)20-14/h9H,3-8H2,1-2H3,(H,16,17)(H,18,19). The average molecular weight is 295 g/mol. The molecular weight excluding hydrogens is 274 g/mol. The second-order valence-electron chi connectivity index (χ2n) is 5.22. The molecule has 1 heterocycles. The van der Waals surface area contributed by atoms with Gasteiger partial charge in [0.05, 0.1) is 5.56 Å². The van der Waals surface area contributed by atoms with Crippen LogP contribution in [0, 0.1) is 5.92 Å². The number of carbonyl (C=O) groups is 2. The largest absolute Gasteiger partial charge is 0.478 e. The highest BCUT2D eigenvalue weighted by Gasteiger charge is 2.27. The van der Waals surface area contributed by atoms with Crippen molar-refractivity contribution in [1.82, 2.24) is 0 Å². The summed E-state index contributed by atoms with van der Waals surface area (Å²) in [4.78, 5) is 24.8. The Hall–Kier alpha value is -1.36. The van der Waals surface area contributed by atoms with Gasteiger partial charge in [0.2, 0.25) is 5.91 Å². The molecule has 0 bridgehead atoms. The predicted octanol–water partition coefficient (Wildman–Crippen LogP) is 3.70. The van der Waals surface area contributed by atoms with Crippen molar-refractivity contribution < 1.29 is 14.7 Å². The molecule has 110 valence electrons. The molecule has 1 aliphatic rings. The molecule has 0 saturated carbocycles. The Labute approximate surface area is 123 Å². The summed E-state index contributed by atoms with van der Waals surface area (Å²) in [5, 5.41) is 12.8. The molecule has 0 radical (unpaired) electrons. The van der Waals surface area contributed by atoms with Crippen molar-refractivity contribution in [2.75, 3.05) is 5.32 Å². The minimum absolute atomic E-state index is 0.0456. The molecule has 2 rings (SSSR count). The van der Waals surface area contributed by atoms with Crippen LogP contribution in [-0.2, 0) is 17.6 Å². The zero-order valence-electron chi connectivity index (χ0n) is 12.0. The number of amides is 1. The van der Waals surface area contributed by atoms with Crippen LogP contribution < -0.4 is 5.32 Å².